The van der Waals surface area contributed by atoms with Crippen molar-refractivity contribution in [2.45, 2.75) is 6.92 Å². The van der Waals surface area contributed by atoms with Crippen LogP contribution in [0.5, 0.6) is 23.0 Å². The van der Waals surface area contributed by atoms with E-state index >= 15 is 0 Å². The van der Waals surface area contributed by atoms with Gasteiger partial charge in [0.1, 0.15) is 5.57 Å². The number of hydrogen-bond donors (Lipinski definition) is 1. The summed E-state index contributed by atoms with van der Waals surface area (Å²) in [5, 5.41) is 2.42. The molecule has 10 heteroatoms. The summed E-state index contributed by atoms with van der Waals surface area (Å²) in [6, 6.07) is 6.83. The van der Waals surface area contributed by atoms with Crippen LogP contribution < -0.4 is 29.2 Å². The number of nitrogens with zero attached hydrogens (tertiary/aromatic N) is 1. The first-order valence-electron chi connectivity index (χ1n) is 9.24. The summed E-state index contributed by atoms with van der Waals surface area (Å²) in [4.78, 5) is 38.7. The largest absolute Gasteiger partial charge is 0.493 e. The molecule has 0 aromatic heterocycles. The molecule has 2 aromatic rings. The minimum absolute atomic E-state index is 0.0445. The number of hydrogen-bond acceptors (Lipinski definition) is 7. The number of imide groups is 2. The first kappa shape index (κ1) is 20.5. The van der Waals surface area contributed by atoms with Crippen molar-refractivity contribution in [3.63, 3.8) is 0 Å². The number of urea groups is 1. The molecule has 160 valence electrons. The fraction of sp³-hybridized carbons (Fsp3) is 0.190. The molecule has 2 aliphatic rings. The van der Waals surface area contributed by atoms with Gasteiger partial charge in [0, 0.05) is 6.07 Å². The molecule has 0 unspecified atom stereocenters. The van der Waals surface area contributed by atoms with Gasteiger partial charge in [-0.05, 0) is 42.8 Å². The molecule has 0 radical (unpaired) electrons. The average molecular weight is 445 g/mol. The number of anilines is 1. The van der Waals surface area contributed by atoms with Crippen molar-refractivity contribution in [2.24, 2.45) is 0 Å². The monoisotopic (exact) mass is 444 g/mol. The number of carbonyl (C=O) groups excluding carboxylic acids is 3. The van der Waals surface area contributed by atoms with Gasteiger partial charge in [0.2, 0.25) is 6.79 Å². The number of methoxy groups -OCH3 is 1. The topological polar surface area (TPSA) is 103 Å². The van der Waals surface area contributed by atoms with Crippen molar-refractivity contribution in [1.29, 1.82) is 0 Å². The molecule has 4 rings (SSSR count). The van der Waals surface area contributed by atoms with E-state index in [1.807, 2.05) is 0 Å². The van der Waals surface area contributed by atoms with Crippen molar-refractivity contribution in [2.75, 3.05) is 25.4 Å². The Hall–Kier alpha value is -3.72. The van der Waals surface area contributed by atoms with Crippen LogP contribution in [-0.2, 0) is 9.59 Å². The maximum Gasteiger partial charge on any atom is 0.335 e. The zero-order valence-electron chi connectivity index (χ0n) is 16.6. The third-order valence-electron chi connectivity index (χ3n) is 4.57. The van der Waals surface area contributed by atoms with Gasteiger partial charge in [-0.15, -0.1) is 0 Å². The molecule has 31 heavy (non-hydrogen) atoms. The van der Waals surface area contributed by atoms with Gasteiger partial charge >= 0.3 is 6.03 Å². The number of nitrogens with one attached hydrogen (secondary N) is 1. The van der Waals surface area contributed by atoms with Crippen molar-refractivity contribution in [3.05, 3.63) is 46.5 Å². The molecule has 1 saturated heterocycles. The second-order valence-corrected chi connectivity index (χ2v) is 6.87. The molecule has 0 aliphatic carbocycles. The molecule has 2 heterocycles. The van der Waals surface area contributed by atoms with E-state index in [4.69, 9.17) is 30.5 Å². The third-order valence-corrected chi connectivity index (χ3v) is 4.85. The average Bonchev–Trinajstić information content (AvgIpc) is 3.20. The summed E-state index contributed by atoms with van der Waals surface area (Å²) in [7, 11) is 1.45. The fourth-order valence-electron chi connectivity index (χ4n) is 3.19. The van der Waals surface area contributed by atoms with Gasteiger partial charge in [0.05, 0.1) is 24.4 Å². The molecule has 0 bridgehead atoms. The van der Waals surface area contributed by atoms with Gasteiger partial charge in [-0.1, -0.05) is 11.6 Å². The second kappa shape index (κ2) is 8.19. The minimum atomic E-state index is -0.867. The van der Waals surface area contributed by atoms with E-state index in [-0.39, 0.29) is 23.1 Å². The first-order chi connectivity index (χ1) is 14.9. The highest BCUT2D eigenvalue weighted by atomic mass is 35.5. The normalized spacial score (nSPS) is 16.5. The maximum absolute atomic E-state index is 13.1. The molecule has 9 nitrogen and oxygen atoms in total. The smallest absolute Gasteiger partial charge is 0.335 e. The van der Waals surface area contributed by atoms with Crippen LogP contribution in [0.3, 0.4) is 0 Å². The van der Waals surface area contributed by atoms with Gasteiger partial charge in [0.15, 0.2) is 23.0 Å². The number of amides is 4. The highest BCUT2D eigenvalue weighted by Crippen LogP contribution is 2.38. The molecule has 1 N–H and O–H groups in total. The number of rotatable bonds is 5. The van der Waals surface area contributed by atoms with Gasteiger partial charge < -0.3 is 18.9 Å². The van der Waals surface area contributed by atoms with Crippen LogP contribution in [0.15, 0.2) is 35.9 Å². The number of carbonyl (C=O) groups is 3. The molecule has 2 aliphatic heterocycles. The minimum Gasteiger partial charge on any atom is -0.493 e. The summed E-state index contributed by atoms with van der Waals surface area (Å²) in [5.41, 5.74) is 0.399. The molecule has 0 saturated carbocycles. The zero-order valence-corrected chi connectivity index (χ0v) is 17.3. The molecular formula is C21H17ClN2O7. The van der Waals surface area contributed by atoms with E-state index in [1.54, 1.807) is 19.1 Å². The Kier molecular flexibility index (Phi) is 5.43. The predicted molar refractivity (Wildman–Crippen MR) is 111 cm³/mol. The molecule has 4 amide bonds. The quantitative estimate of drug-likeness (QED) is 0.558. The second-order valence-electron chi connectivity index (χ2n) is 6.46. The highest BCUT2D eigenvalue weighted by molar-refractivity contribution is 6.39. The number of barbiturate groups is 1. The number of benzene rings is 2. The van der Waals surface area contributed by atoms with Crippen molar-refractivity contribution >= 4 is 41.2 Å². The van der Waals surface area contributed by atoms with E-state index < -0.39 is 17.8 Å². The first-order valence-corrected chi connectivity index (χ1v) is 9.62. The number of halogens is 1. The number of fused-ring (bicyclic) bond motifs is 1. The van der Waals surface area contributed by atoms with Gasteiger partial charge in [0.25, 0.3) is 11.8 Å². The van der Waals surface area contributed by atoms with Gasteiger partial charge in [-0.25, -0.2) is 9.69 Å². The SMILES string of the molecule is CCOc1c(Cl)cc(/C=C2\C(=O)NC(=O)N(c3ccc4c(c3)OCO4)C2=O)cc1OC. The molecule has 0 spiro atoms. The van der Waals surface area contributed by atoms with Crippen molar-refractivity contribution in [3.8, 4) is 23.0 Å². The molecule has 0 atom stereocenters. The van der Waals surface area contributed by atoms with Gasteiger partial charge in [-0.3, -0.25) is 14.9 Å². The van der Waals surface area contributed by atoms with Crippen LogP contribution in [0.1, 0.15) is 12.5 Å². The summed E-state index contributed by atoms with van der Waals surface area (Å²) in [6.07, 6.45) is 1.33. The summed E-state index contributed by atoms with van der Waals surface area (Å²) in [5.74, 6) is -0.0355. The van der Waals surface area contributed by atoms with Crippen molar-refractivity contribution < 1.29 is 33.3 Å². The maximum atomic E-state index is 13.1. The Morgan fingerprint density at radius 2 is 1.94 bits per heavy atom. The van der Waals surface area contributed by atoms with Crippen molar-refractivity contribution in [1.82, 2.24) is 5.32 Å². The summed E-state index contributed by atoms with van der Waals surface area (Å²) in [6.45, 7) is 2.23. The summed E-state index contributed by atoms with van der Waals surface area (Å²) >= 11 is 6.27. The van der Waals surface area contributed by atoms with E-state index in [0.29, 0.717) is 35.2 Å². The summed E-state index contributed by atoms with van der Waals surface area (Å²) < 4.78 is 21.3. The lowest BCUT2D eigenvalue weighted by Gasteiger charge is -2.26. The van der Waals surface area contributed by atoms with Crippen LogP contribution in [0.2, 0.25) is 5.02 Å². The van der Waals surface area contributed by atoms with Crippen LogP contribution in [0, 0.1) is 0 Å². The lowest BCUT2D eigenvalue weighted by atomic mass is 10.1. The zero-order chi connectivity index (χ0) is 22.1. The Morgan fingerprint density at radius 1 is 1.16 bits per heavy atom. The molecular weight excluding hydrogens is 428 g/mol. The Bertz CT molecular complexity index is 1130. The highest BCUT2D eigenvalue weighted by Gasteiger charge is 2.37. The lowest BCUT2D eigenvalue weighted by Crippen LogP contribution is -2.54. The Labute approximate surface area is 182 Å². The van der Waals surface area contributed by atoms with Crippen LogP contribution in [-0.4, -0.2) is 38.4 Å². The Morgan fingerprint density at radius 3 is 2.68 bits per heavy atom. The third kappa shape index (κ3) is 3.75. The predicted octanol–water partition coefficient (Wildman–Crippen LogP) is 3.14. The lowest BCUT2D eigenvalue weighted by molar-refractivity contribution is -0.122. The van der Waals surface area contributed by atoms with Crippen LogP contribution in [0.4, 0.5) is 10.5 Å². The van der Waals surface area contributed by atoms with Crippen LogP contribution in [0.25, 0.3) is 6.08 Å². The number of ether oxygens (including phenoxy) is 4. The fourth-order valence-corrected chi connectivity index (χ4v) is 3.46. The van der Waals surface area contributed by atoms with E-state index in [0.717, 1.165) is 4.90 Å². The van der Waals surface area contributed by atoms with E-state index in [1.165, 1.54) is 31.4 Å². The molecule has 1 fully saturated rings. The Balaban J connectivity index is 1.72. The van der Waals surface area contributed by atoms with Crippen LogP contribution >= 0.6 is 11.6 Å². The standard InChI is InChI=1S/C21H17ClN2O7/c1-3-29-18-14(22)7-11(8-17(18)28-2)6-13-19(25)23-21(27)24(20(13)26)12-4-5-15-16(9-12)31-10-30-15/h4-9H,3,10H2,1-2H3,(H,23,25,27)/b13-6+. The van der Waals surface area contributed by atoms with Gasteiger partial charge in [-0.2, -0.15) is 0 Å². The van der Waals surface area contributed by atoms with E-state index in [9.17, 15) is 14.4 Å². The van der Waals surface area contributed by atoms with E-state index in [2.05, 4.69) is 5.32 Å². The molecule has 2 aromatic carbocycles.